The van der Waals surface area contributed by atoms with Crippen molar-refractivity contribution in [1.29, 1.82) is 0 Å². The lowest BCUT2D eigenvalue weighted by atomic mass is 10.1. The summed E-state index contributed by atoms with van der Waals surface area (Å²) in [5.74, 6) is 0.427. The van der Waals surface area contributed by atoms with Gasteiger partial charge in [-0.15, -0.1) is 0 Å². The molecule has 0 aromatic heterocycles. The Bertz CT molecular complexity index is 623. The Labute approximate surface area is 124 Å². The standard InChI is InChI=1S/C14H18ClNO3S/c1-3-11-6-7-12(8-13(11)20(15,18)19)14(17)16(2)9-10-4-5-10/h6-8,10H,3-5,9H2,1-2H3. The number of aryl methyl sites for hydroxylation is 1. The topological polar surface area (TPSA) is 54.5 Å². The van der Waals surface area contributed by atoms with E-state index >= 15 is 0 Å². The van der Waals surface area contributed by atoms with Crippen LogP contribution in [0.5, 0.6) is 0 Å². The minimum atomic E-state index is -3.84. The van der Waals surface area contributed by atoms with Crippen molar-refractivity contribution in [2.24, 2.45) is 5.92 Å². The van der Waals surface area contributed by atoms with Gasteiger partial charge in [0.2, 0.25) is 0 Å². The van der Waals surface area contributed by atoms with Crippen LogP contribution < -0.4 is 0 Å². The Morgan fingerprint density at radius 1 is 1.40 bits per heavy atom. The van der Waals surface area contributed by atoms with E-state index in [1.165, 1.54) is 6.07 Å². The maximum atomic E-state index is 12.3. The van der Waals surface area contributed by atoms with E-state index < -0.39 is 9.05 Å². The van der Waals surface area contributed by atoms with Crippen molar-refractivity contribution >= 4 is 25.6 Å². The lowest BCUT2D eigenvalue weighted by molar-refractivity contribution is 0.0788. The fourth-order valence-electron chi connectivity index (χ4n) is 2.20. The first-order chi connectivity index (χ1) is 9.32. The first kappa shape index (κ1) is 15.3. The van der Waals surface area contributed by atoms with Crippen LogP contribution in [0.3, 0.4) is 0 Å². The van der Waals surface area contributed by atoms with E-state index in [2.05, 4.69) is 0 Å². The van der Waals surface area contributed by atoms with Crippen LogP contribution in [0.4, 0.5) is 0 Å². The summed E-state index contributed by atoms with van der Waals surface area (Å²) < 4.78 is 23.2. The molecular formula is C14H18ClNO3S. The molecule has 0 aliphatic heterocycles. The molecule has 1 aliphatic rings. The molecule has 0 atom stereocenters. The first-order valence-corrected chi connectivity index (χ1v) is 8.97. The highest BCUT2D eigenvalue weighted by Crippen LogP contribution is 2.30. The zero-order chi connectivity index (χ0) is 14.9. The number of rotatable bonds is 5. The highest BCUT2D eigenvalue weighted by Gasteiger charge is 2.26. The minimum Gasteiger partial charge on any atom is -0.341 e. The molecule has 0 saturated heterocycles. The smallest absolute Gasteiger partial charge is 0.261 e. The highest BCUT2D eigenvalue weighted by molar-refractivity contribution is 8.13. The summed E-state index contributed by atoms with van der Waals surface area (Å²) in [6, 6.07) is 4.70. The molecule has 0 unspecified atom stereocenters. The van der Waals surface area contributed by atoms with Crippen molar-refractivity contribution in [3.8, 4) is 0 Å². The molecule has 0 bridgehead atoms. The van der Waals surface area contributed by atoms with Crippen molar-refractivity contribution in [2.75, 3.05) is 13.6 Å². The molecule has 0 radical (unpaired) electrons. The maximum absolute atomic E-state index is 12.3. The number of amides is 1. The summed E-state index contributed by atoms with van der Waals surface area (Å²) in [7, 11) is 3.34. The van der Waals surface area contributed by atoms with E-state index in [1.54, 1.807) is 24.1 Å². The zero-order valence-electron chi connectivity index (χ0n) is 11.6. The van der Waals surface area contributed by atoms with E-state index in [0.29, 0.717) is 23.5 Å². The largest absolute Gasteiger partial charge is 0.341 e. The van der Waals surface area contributed by atoms with Crippen molar-refractivity contribution in [3.05, 3.63) is 29.3 Å². The van der Waals surface area contributed by atoms with Gasteiger partial charge in [0.1, 0.15) is 0 Å². The van der Waals surface area contributed by atoms with Gasteiger partial charge < -0.3 is 4.90 Å². The van der Waals surface area contributed by atoms with Crippen LogP contribution in [0.25, 0.3) is 0 Å². The van der Waals surface area contributed by atoms with Crippen molar-refractivity contribution in [2.45, 2.75) is 31.1 Å². The first-order valence-electron chi connectivity index (χ1n) is 6.66. The van der Waals surface area contributed by atoms with Gasteiger partial charge in [-0.3, -0.25) is 4.79 Å². The molecule has 0 spiro atoms. The third kappa shape index (κ3) is 3.52. The number of benzene rings is 1. The predicted molar refractivity (Wildman–Crippen MR) is 78.5 cm³/mol. The number of nitrogens with zero attached hydrogens (tertiary/aromatic N) is 1. The molecule has 1 saturated carbocycles. The summed E-state index contributed by atoms with van der Waals surface area (Å²) in [5.41, 5.74) is 0.992. The predicted octanol–water partition coefficient (Wildman–Crippen LogP) is 2.66. The van der Waals surface area contributed by atoms with E-state index in [9.17, 15) is 13.2 Å². The molecule has 1 aromatic carbocycles. The zero-order valence-corrected chi connectivity index (χ0v) is 13.2. The van der Waals surface area contributed by atoms with Crippen LogP contribution in [-0.4, -0.2) is 32.8 Å². The fourth-order valence-corrected chi connectivity index (χ4v) is 3.42. The van der Waals surface area contributed by atoms with Crippen LogP contribution in [0.15, 0.2) is 23.1 Å². The monoisotopic (exact) mass is 315 g/mol. The SMILES string of the molecule is CCc1ccc(C(=O)N(C)CC2CC2)cc1S(=O)(=O)Cl. The van der Waals surface area contributed by atoms with Gasteiger partial charge in [-0.05, 0) is 42.9 Å². The number of hydrogen-bond donors (Lipinski definition) is 0. The van der Waals surface area contributed by atoms with Crippen molar-refractivity contribution in [1.82, 2.24) is 4.90 Å². The van der Waals surface area contributed by atoms with Gasteiger partial charge in [-0.25, -0.2) is 8.42 Å². The van der Waals surface area contributed by atoms with Crippen LogP contribution >= 0.6 is 10.7 Å². The Hall–Kier alpha value is -1.07. The number of carbonyl (C=O) groups is 1. The second kappa shape index (κ2) is 5.74. The number of hydrogen-bond acceptors (Lipinski definition) is 3. The van der Waals surface area contributed by atoms with Crippen molar-refractivity contribution < 1.29 is 13.2 Å². The summed E-state index contributed by atoms with van der Waals surface area (Å²) >= 11 is 0. The van der Waals surface area contributed by atoms with E-state index in [1.807, 2.05) is 6.92 Å². The average Bonchev–Trinajstić information content (AvgIpc) is 3.20. The lowest BCUT2D eigenvalue weighted by Gasteiger charge is -2.17. The van der Waals surface area contributed by atoms with Gasteiger partial charge >= 0.3 is 0 Å². The molecule has 6 heteroatoms. The lowest BCUT2D eigenvalue weighted by Crippen LogP contribution is -2.28. The quantitative estimate of drug-likeness (QED) is 0.785. The fraction of sp³-hybridized carbons (Fsp3) is 0.500. The Morgan fingerprint density at radius 2 is 2.05 bits per heavy atom. The van der Waals surface area contributed by atoms with Gasteiger partial charge in [0.05, 0.1) is 4.90 Å². The van der Waals surface area contributed by atoms with Crippen LogP contribution in [-0.2, 0) is 15.5 Å². The van der Waals surface area contributed by atoms with Gasteiger partial charge in [-0.2, -0.15) is 0 Å². The molecule has 4 nitrogen and oxygen atoms in total. The third-order valence-electron chi connectivity index (χ3n) is 3.53. The highest BCUT2D eigenvalue weighted by atomic mass is 35.7. The Balaban J connectivity index is 2.30. The molecule has 1 aliphatic carbocycles. The molecule has 1 aromatic rings. The molecule has 20 heavy (non-hydrogen) atoms. The molecule has 0 heterocycles. The molecule has 1 amide bonds. The minimum absolute atomic E-state index is 0.0346. The molecular weight excluding hydrogens is 298 g/mol. The van der Waals surface area contributed by atoms with Gasteiger partial charge in [0.15, 0.2) is 0 Å². The van der Waals surface area contributed by atoms with Gasteiger partial charge in [0.25, 0.3) is 15.0 Å². The summed E-state index contributed by atoms with van der Waals surface area (Å²) in [5, 5.41) is 0. The summed E-state index contributed by atoms with van der Waals surface area (Å²) in [4.78, 5) is 14.0. The van der Waals surface area contributed by atoms with Crippen LogP contribution in [0.2, 0.25) is 0 Å². The molecule has 1 fully saturated rings. The average molecular weight is 316 g/mol. The van der Waals surface area contributed by atoms with E-state index in [4.69, 9.17) is 10.7 Å². The normalized spacial score (nSPS) is 15.2. The van der Waals surface area contributed by atoms with Gasteiger partial charge in [0, 0.05) is 29.8 Å². The second-order valence-electron chi connectivity index (χ2n) is 5.24. The van der Waals surface area contributed by atoms with E-state index in [0.717, 1.165) is 19.4 Å². The van der Waals surface area contributed by atoms with Gasteiger partial charge in [-0.1, -0.05) is 13.0 Å². The molecule has 2 rings (SSSR count). The number of halogens is 1. The molecule has 110 valence electrons. The molecule has 0 N–H and O–H groups in total. The van der Waals surface area contributed by atoms with Crippen LogP contribution in [0.1, 0.15) is 35.7 Å². The number of carbonyl (C=O) groups excluding carboxylic acids is 1. The Kier molecular flexibility index (Phi) is 4.39. The second-order valence-corrected chi connectivity index (χ2v) is 7.78. The summed E-state index contributed by atoms with van der Waals surface area (Å²) in [6.45, 7) is 2.57. The third-order valence-corrected chi connectivity index (χ3v) is 4.94. The van der Waals surface area contributed by atoms with E-state index in [-0.39, 0.29) is 10.8 Å². The Morgan fingerprint density at radius 3 is 2.55 bits per heavy atom. The van der Waals surface area contributed by atoms with Crippen LogP contribution in [0, 0.1) is 5.92 Å². The maximum Gasteiger partial charge on any atom is 0.261 e. The van der Waals surface area contributed by atoms with Crippen molar-refractivity contribution in [3.63, 3.8) is 0 Å². The summed E-state index contributed by atoms with van der Waals surface area (Å²) in [6.07, 6.45) is 2.87.